The van der Waals surface area contributed by atoms with Crippen LogP contribution in [0.5, 0.6) is 11.5 Å². The molecule has 1 aliphatic heterocycles. The zero-order valence-electron chi connectivity index (χ0n) is 15.3. The number of aromatic amines is 1. The Bertz CT molecular complexity index is 1010. The van der Waals surface area contributed by atoms with Crippen molar-refractivity contribution in [2.45, 2.75) is 5.16 Å². The molecule has 2 heterocycles. The van der Waals surface area contributed by atoms with Crippen LogP contribution in [0.1, 0.15) is 5.56 Å². The molecule has 3 N–H and O–H groups in total. The van der Waals surface area contributed by atoms with Crippen molar-refractivity contribution in [1.29, 1.82) is 0 Å². The molecule has 0 bridgehead atoms. The fraction of sp³-hybridized carbons (Fsp3) is 0.158. The van der Waals surface area contributed by atoms with E-state index < -0.39 is 0 Å². The number of fused-ring (bicyclic) bond motifs is 1. The Morgan fingerprint density at radius 2 is 2.00 bits per heavy atom. The van der Waals surface area contributed by atoms with Crippen molar-refractivity contribution in [3.05, 3.63) is 54.1 Å². The van der Waals surface area contributed by atoms with Crippen molar-refractivity contribution in [2.24, 2.45) is 5.10 Å². The Hall–Kier alpha value is -3.53. The highest BCUT2D eigenvalue weighted by Crippen LogP contribution is 2.32. The predicted molar refractivity (Wildman–Crippen MR) is 111 cm³/mol. The monoisotopic (exact) mass is 410 g/mol. The normalized spacial score (nSPS) is 12.7. The number of rotatable bonds is 7. The third-order valence-corrected chi connectivity index (χ3v) is 4.65. The SMILES string of the molecule is O=C(CSc1n[nH]c(N/N=C\c2ccccc2)n1)Nc1ccc2c(c1)OCCO2. The van der Waals surface area contributed by atoms with Gasteiger partial charge in [0.1, 0.15) is 13.2 Å². The lowest BCUT2D eigenvalue weighted by Crippen LogP contribution is -2.17. The number of carbonyl (C=O) groups is 1. The molecule has 3 aromatic rings. The molecular formula is C19H18N6O3S. The minimum Gasteiger partial charge on any atom is -0.486 e. The highest BCUT2D eigenvalue weighted by molar-refractivity contribution is 7.99. The number of thioether (sulfide) groups is 1. The van der Waals surface area contributed by atoms with E-state index in [0.717, 1.165) is 5.56 Å². The van der Waals surface area contributed by atoms with Crippen LogP contribution >= 0.6 is 11.8 Å². The van der Waals surface area contributed by atoms with Crippen LogP contribution in [0.15, 0.2) is 58.8 Å². The molecule has 4 rings (SSSR count). The maximum Gasteiger partial charge on any atom is 0.240 e. The van der Waals surface area contributed by atoms with Crippen LogP contribution in [-0.4, -0.2) is 46.3 Å². The highest BCUT2D eigenvalue weighted by atomic mass is 32.2. The van der Waals surface area contributed by atoms with Gasteiger partial charge in [0.05, 0.1) is 12.0 Å². The molecule has 148 valence electrons. The van der Waals surface area contributed by atoms with Gasteiger partial charge in [0.2, 0.25) is 17.0 Å². The van der Waals surface area contributed by atoms with Gasteiger partial charge in [-0.3, -0.25) is 4.79 Å². The van der Waals surface area contributed by atoms with Gasteiger partial charge in [-0.15, -0.1) is 5.10 Å². The van der Waals surface area contributed by atoms with E-state index in [9.17, 15) is 4.79 Å². The van der Waals surface area contributed by atoms with E-state index >= 15 is 0 Å². The first-order valence-electron chi connectivity index (χ1n) is 8.85. The molecule has 0 unspecified atom stereocenters. The minimum absolute atomic E-state index is 0.166. The molecule has 9 nitrogen and oxygen atoms in total. The molecule has 1 amide bonds. The van der Waals surface area contributed by atoms with Crippen molar-refractivity contribution in [1.82, 2.24) is 15.2 Å². The van der Waals surface area contributed by atoms with Crippen LogP contribution in [0, 0.1) is 0 Å². The van der Waals surface area contributed by atoms with Gasteiger partial charge in [0.15, 0.2) is 11.5 Å². The lowest BCUT2D eigenvalue weighted by atomic mass is 10.2. The second-order valence-electron chi connectivity index (χ2n) is 5.94. The summed E-state index contributed by atoms with van der Waals surface area (Å²) in [4.78, 5) is 16.4. The molecule has 0 saturated heterocycles. The Balaban J connectivity index is 1.25. The molecule has 0 fully saturated rings. The number of nitrogens with one attached hydrogen (secondary N) is 3. The fourth-order valence-electron chi connectivity index (χ4n) is 2.52. The summed E-state index contributed by atoms with van der Waals surface area (Å²) in [5, 5.41) is 14.1. The average Bonchev–Trinajstić information content (AvgIpc) is 3.21. The van der Waals surface area contributed by atoms with Crippen LogP contribution in [0.3, 0.4) is 0 Å². The molecule has 29 heavy (non-hydrogen) atoms. The molecular weight excluding hydrogens is 392 g/mol. The number of benzene rings is 2. The Labute approximate surface area is 170 Å². The van der Waals surface area contributed by atoms with Crippen LogP contribution in [0.25, 0.3) is 0 Å². The summed E-state index contributed by atoms with van der Waals surface area (Å²) in [7, 11) is 0. The van der Waals surface area contributed by atoms with Gasteiger partial charge < -0.3 is 14.8 Å². The Morgan fingerprint density at radius 3 is 2.86 bits per heavy atom. The average molecular weight is 410 g/mol. The summed E-state index contributed by atoms with van der Waals surface area (Å²) in [5.74, 6) is 1.70. The third kappa shape index (κ3) is 5.26. The fourth-order valence-corrected chi connectivity index (χ4v) is 3.11. The highest BCUT2D eigenvalue weighted by Gasteiger charge is 2.13. The predicted octanol–water partition coefficient (Wildman–Crippen LogP) is 2.75. The number of nitrogens with zero attached hydrogens (tertiary/aromatic N) is 3. The van der Waals surface area contributed by atoms with Crippen molar-refractivity contribution in [3.8, 4) is 11.5 Å². The second kappa shape index (κ2) is 9.11. The summed E-state index contributed by atoms with van der Waals surface area (Å²) in [6, 6.07) is 15.0. The number of hydrogen-bond acceptors (Lipinski definition) is 8. The third-order valence-electron chi connectivity index (χ3n) is 3.81. The van der Waals surface area contributed by atoms with Crippen LogP contribution < -0.4 is 20.2 Å². The van der Waals surface area contributed by atoms with Crippen molar-refractivity contribution < 1.29 is 14.3 Å². The van der Waals surface area contributed by atoms with Gasteiger partial charge >= 0.3 is 0 Å². The van der Waals surface area contributed by atoms with E-state index in [1.807, 2.05) is 30.3 Å². The van der Waals surface area contributed by atoms with Gasteiger partial charge in [0, 0.05) is 11.8 Å². The number of H-pyrrole nitrogens is 1. The largest absolute Gasteiger partial charge is 0.486 e. The van der Waals surface area contributed by atoms with E-state index in [0.29, 0.717) is 41.5 Å². The van der Waals surface area contributed by atoms with Crippen molar-refractivity contribution >= 4 is 35.5 Å². The van der Waals surface area contributed by atoms with E-state index in [2.05, 4.69) is 31.0 Å². The molecule has 0 spiro atoms. The van der Waals surface area contributed by atoms with Crippen LogP contribution in [0.2, 0.25) is 0 Å². The van der Waals surface area contributed by atoms with Gasteiger partial charge in [0.25, 0.3) is 0 Å². The number of carbonyl (C=O) groups excluding carboxylic acids is 1. The summed E-state index contributed by atoms with van der Waals surface area (Å²) in [6.07, 6.45) is 1.68. The number of aromatic nitrogens is 3. The molecule has 1 aliphatic rings. The Kier molecular flexibility index (Phi) is 5.91. The smallest absolute Gasteiger partial charge is 0.240 e. The van der Waals surface area contributed by atoms with Crippen LogP contribution in [0.4, 0.5) is 11.6 Å². The number of anilines is 2. The maximum atomic E-state index is 12.2. The first kappa shape index (κ1) is 18.8. The second-order valence-corrected chi connectivity index (χ2v) is 6.89. The standard InChI is InChI=1S/C19H18N6O3S/c26-17(21-14-6-7-15-16(10-14)28-9-8-27-15)12-29-19-22-18(24-25-19)23-20-11-13-4-2-1-3-5-13/h1-7,10-11H,8-9,12H2,(H,21,26)(H2,22,23,24,25)/b20-11-. The zero-order valence-corrected chi connectivity index (χ0v) is 16.1. The number of hydrogen-bond donors (Lipinski definition) is 3. The maximum absolute atomic E-state index is 12.2. The van der Waals surface area contributed by atoms with E-state index in [-0.39, 0.29) is 11.7 Å². The van der Waals surface area contributed by atoms with Crippen molar-refractivity contribution in [2.75, 3.05) is 29.7 Å². The first-order valence-corrected chi connectivity index (χ1v) is 9.84. The molecule has 0 atom stereocenters. The van der Waals surface area contributed by atoms with E-state index in [4.69, 9.17) is 9.47 Å². The topological polar surface area (TPSA) is 114 Å². The van der Waals surface area contributed by atoms with Gasteiger partial charge in [-0.25, -0.2) is 10.5 Å². The van der Waals surface area contributed by atoms with Gasteiger partial charge in [-0.2, -0.15) is 10.1 Å². The first-order chi connectivity index (χ1) is 14.3. The van der Waals surface area contributed by atoms with Crippen molar-refractivity contribution in [3.63, 3.8) is 0 Å². The van der Waals surface area contributed by atoms with Gasteiger partial charge in [-0.1, -0.05) is 42.1 Å². The molecule has 10 heteroatoms. The lowest BCUT2D eigenvalue weighted by molar-refractivity contribution is -0.113. The molecule has 1 aromatic heterocycles. The number of ether oxygens (including phenoxy) is 2. The van der Waals surface area contributed by atoms with Crippen LogP contribution in [-0.2, 0) is 4.79 Å². The van der Waals surface area contributed by atoms with E-state index in [1.54, 1.807) is 24.4 Å². The minimum atomic E-state index is -0.173. The summed E-state index contributed by atoms with van der Waals surface area (Å²) < 4.78 is 11.0. The molecule has 0 radical (unpaired) electrons. The lowest BCUT2D eigenvalue weighted by Gasteiger charge is -2.18. The molecule has 2 aromatic carbocycles. The Morgan fingerprint density at radius 1 is 1.17 bits per heavy atom. The summed E-state index contributed by atoms with van der Waals surface area (Å²) in [6.45, 7) is 1.03. The molecule has 0 aliphatic carbocycles. The summed E-state index contributed by atoms with van der Waals surface area (Å²) in [5.41, 5.74) is 4.38. The number of hydrazone groups is 1. The van der Waals surface area contributed by atoms with Gasteiger partial charge in [-0.05, 0) is 17.7 Å². The molecule has 0 saturated carbocycles. The quantitative estimate of drug-likeness (QED) is 0.312. The number of amides is 1. The zero-order chi connectivity index (χ0) is 19.9. The van der Waals surface area contributed by atoms with E-state index in [1.165, 1.54) is 11.8 Å². The summed E-state index contributed by atoms with van der Waals surface area (Å²) >= 11 is 1.21.